The van der Waals surface area contributed by atoms with Gasteiger partial charge in [-0.05, 0) is 32.1 Å². The highest BCUT2D eigenvalue weighted by Gasteiger charge is 2.21. The zero-order chi connectivity index (χ0) is 12.5. The van der Waals surface area contributed by atoms with Crippen molar-refractivity contribution in [1.82, 2.24) is 9.78 Å². The first-order chi connectivity index (χ1) is 7.34. The van der Waals surface area contributed by atoms with Crippen LogP contribution in [0.5, 0.6) is 5.75 Å². The summed E-state index contributed by atoms with van der Waals surface area (Å²) in [4.78, 5) is 0. The van der Waals surface area contributed by atoms with Crippen LogP contribution in [0.1, 0.15) is 64.9 Å². The van der Waals surface area contributed by atoms with E-state index in [1.54, 1.807) is 0 Å². The Morgan fingerprint density at radius 1 is 1.12 bits per heavy atom. The molecule has 0 saturated heterocycles. The lowest BCUT2D eigenvalue weighted by Crippen LogP contribution is -2.09. The molecule has 16 heavy (non-hydrogen) atoms. The maximum Gasteiger partial charge on any atom is 0.160 e. The summed E-state index contributed by atoms with van der Waals surface area (Å²) in [5.74, 6) is 1.22. The number of hydrogen-bond acceptors (Lipinski definition) is 2. The van der Waals surface area contributed by atoms with Crippen LogP contribution in [0.3, 0.4) is 0 Å². The minimum atomic E-state index is 0.296. The summed E-state index contributed by atoms with van der Waals surface area (Å²) >= 11 is 0. The first kappa shape index (κ1) is 13.1. The van der Waals surface area contributed by atoms with Gasteiger partial charge in [-0.1, -0.05) is 27.7 Å². The molecule has 1 heterocycles. The predicted molar refractivity (Wildman–Crippen MR) is 66.9 cm³/mol. The molecule has 3 heteroatoms. The lowest BCUT2D eigenvalue weighted by Gasteiger charge is -2.13. The molecule has 1 rings (SSSR count). The Kier molecular flexibility index (Phi) is 4.00. The van der Waals surface area contributed by atoms with E-state index in [0.717, 1.165) is 17.8 Å². The van der Waals surface area contributed by atoms with Crippen LogP contribution in [0.15, 0.2) is 0 Å². The fourth-order valence-electron chi connectivity index (χ4n) is 1.94. The monoisotopic (exact) mass is 224 g/mol. The van der Waals surface area contributed by atoms with Crippen LogP contribution in [-0.4, -0.2) is 14.9 Å². The van der Waals surface area contributed by atoms with Crippen molar-refractivity contribution in [2.75, 3.05) is 0 Å². The van der Waals surface area contributed by atoms with Gasteiger partial charge in [0.05, 0.1) is 5.69 Å². The number of hydrogen-bond donors (Lipinski definition) is 1. The molecule has 0 aliphatic carbocycles. The maximum absolute atomic E-state index is 10.2. The number of rotatable bonds is 4. The molecule has 0 amide bonds. The highest BCUT2D eigenvalue weighted by atomic mass is 16.3. The van der Waals surface area contributed by atoms with Gasteiger partial charge in [-0.15, -0.1) is 0 Å². The van der Waals surface area contributed by atoms with E-state index in [1.165, 1.54) is 0 Å². The lowest BCUT2D eigenvalue weighted by molar-refractivity contribution is 0.443. The summed E-state index contributed by atoms with van der Waals surface area (Å²) in [6, 6.07) is 0.296. The summed E-state index contributed by atoms with van der Waals surface area (Å²) in [6.07, 6.45) is 0.839. The van der Waals surface area contributed by atoms with Gasteiger partial charge < -0.3 is 5.11 Å². The fourth-order valence-corrected chi connectivity index (χ4v) is 1.94. The second-order valence-electron chi connectivity index (χ2n) is 5.47. The number of aromatic hydroxyl groups is 1. The highest BCUT2D eigenvalue weighted by Crippen LogP contribution is 2.32. The quantitative estimate of drug-likeness (QED) is 0.850. The molecule has 0 aromatic carbocycles. The molecule has 0 unspecified atom stereocenters. The van der Waals surface area contributed by atoms with Crippen LogP contribution in [0.2, 0.25) is 0 Å². The minimum absolute atomic E-state index is 0.296. The van der Waals surface area contributed by atoms with Gasteiger partial charge in [-0.2, -0.15) is 5.10 Å². The third-order valence-corrected chi connectivity index (χ3v) is 2.63. The molecule has 1 aromatic rings. The number of nitrogens with zero attached hydrogens (tertiary/aromatic N) is 2. The average molecular weight is 224 g/mol. The van der Waals surface area contributed by atoms with Gasteiger partial charge in [0.25, 0.3) is 0 Å². The van der Waals surface area contributed by atoms with Crippen molar-refractivity contribution in [2.45, 2.75) is 59.9 Å². The van der Waals surface area contributed by atoms with Crippen LogP contribution >= 0.6 is 0 Å². The van der Waals surface area contributed by atoms with E-state index in [1.807, 2.05) is 4.68 Å². The molecular formula is C13H24N2O. The summed E-state index contributed by atoms with van der Waals surface area (Å²) in [5, 5.41) is 14.7. The molecule has 0 spiro atoms. The topological polar surface area (TPSA) is 38.0 Å². The maximum atomic E-state index is 10.2. The zero-order valence-corrected chi connectivity index (χ0v) is 11.3. The van der Waals surface area contributed by atoms with Gasteiger partial charge in [0.15, 0.2) is 5.75 Å². The highest BCUT2D eigenvalue weighted by molar-refractivity contribution is 5.35. The van der Waals surface area contributed by atoms with Crippen LogP contribution in [0.4, 0.5) is 0 Å². The van der Waals surface area contributed by atoms with Crippen LogP contribution in [-0.2, 0) is 6.42 Å². The number of aromatic nitrogens is 2. The SMILES string of the molecule is CC(C)Cc1nn(C(C)C)c(C(C)C)c1O. The van der Waals surface area contributed by atoms with Crippen LogP contribution in [0.25, 0.3) is 0 Å². The van der Waals surface area contributed by atoms with Crippen molar-refractivity contribution in [3.05, 3.63) is 11.4 Å². The molecule has 0 radical (unpaired) electrons. The second-order valence-corrected chi connectivity index (χ2v) is 5.47. The molecule has 3 nitrogen and oxygen atoms in total. The Bertz CT molecular complexity index is 351. The molecular weight excluding hydrogens is 200 g/mol. The Morgan fingerprint density at radius 2 is 1.69 bits per heavy atom. The second kappa shape index (κ2) is 4.89. The molecule has 0 aliphatic heterocycles. The van der Waals surface area contributed by atoms with Crippen LogP contribution < -0.4 is 0 Å². The standard InChI is InChI=1S/C13H24N2O/c1-8(2)7-11-13(16)12(9(3)4)15(14-11)10(5)6/h8-10,16H,7H2,1-6H3. The smallest absolute Gasteiger partial charge is 0.160 e. The van der Waals surface area contributed by atoms with E-state index >= 15 is 0 Å². The normalized spacial score (nSPS) is 12.1. The molecule has 0 saturated carbocycles. The van der Waals surface area contributed by atoms with Gasteiger partial charge in [-0.3, -0.25) is 4.68 Å². The van der Waals surface area contributed by atoms with E-state index in [2.05, 4.69) is 46.6 Å². The lowest BCUT2D eigenvalue weighted by atomic mass is 10.0. The van der Waals surface area contributed by atoms with E-state index in [0.29, 0.717) is 23.6 Å². The first-order valence-corrected chi connectivity index (χ1v) is 6.14. The van der Waals surface area contributed by atoms with Gasteiger partial charge in [0, 0.05) is 6.04 Å². The van der Waals surface area contributed by atoms with E-state index < -0.39 is 0 Å². The molecule has 92 valence electrons. The Labute approximate surface area is 98.5 Å². The fraction of sp³-hybridized carbons (Fsp3) is 0.769. The van der Waals surface area contributed by atoms with Crippen molar-refractivity contribution >= 4 is 0 Å². The Hall–Kier alpha value is -0.990. The van der Waals surface area contributed by atoms with Gasteiger partial charge >= 0.3 is 0 Å². The van der Waals surface area contributed by atoms with Crippen molar-refractivity contribution in [1.29, 1.82) is 0 Å². The Balaban J connectivity index is 3.19. The van der Waals surface area contributed by atoms with Gasteiger partial charge in [0.2, 0.25) is 0 Å². The van der Waals surface area contributed by atoms with Crippen molar-refractivity contribution in [3.63, 3.8) is 0 Å². The van der Waals surface area contributed by atoms with Crippen molar-refractivity contribution < 1.29 is 5.11 Å². The molecule has 1 aromatic heterocycles. The molecule has 0 atom stereocenters. The Morgan fingerprint density at radius 3 is 2.00 bits per heavy atom. The summed E-state index contributed by atoms with van der Waals surface area (Å²) in [5.41, 5.74) is 1.80. The van der Waals surface area contributed by atoms with Crippen LogP contribution in [0, 0.1) is 5.92 Å². The first-order valence-electron chi connectivity index (χ1n) is 6.14. The predicted octanol–water partition coefficient (Wildman–Crippen LogP) is 3.49. The van der Waals surface area contributed by atoms with E-state index in [-0.39, 0.29) is 0 Å². The van der Waals surface area contributed by atoms with Crippen molar-refractivity contribution in [3.8, 4) is 5.75 Å². The molecule has 0 bridgehead atoms. The summed E-state index contributed by atoms with van der Waals surface area (Å²) in [6.45, 7) is 12.7. The third-order valence-electron chi connectivity index (χ3n) is 2.63. The van der Waals surface area contributed by atoms with Gasteiger partial charge in [-0.25, -0.2) is 0 Å². The largest absolute Gasteiger partial charge is 0.504 e. The zero-order valence-electron chi connectivity index (χ0n) is 11.3. The van der Waals surface area contributed by atoms with E-state index in [4.69, 9.17) is 0 Å². The molecule has 1 N–H and O–H groups in total. The van der Waals surface area contributed by atoms with Gasteiger partial charge in [0.1, 0.15) is 5.69 Å². The third kappa shape index (κ3) is 2.57. The molecule has 0 fully saturated rings. The average Bonchev–Trinajstić information content (AvgIpc) is 2.43. The van der Waals surface area contributed by atoms with E-state index in [9.17, 15) is 5.11 Å². The summed E-state index contributed by atoms with van der Waals surface area (Å²) in [7, 11) is 0. The summed E-state index contributed by atoms with van der Waals surface area (Å²) < 4.78 is 1.96. The van der Waals surface area contributed by atoms with Crippen molar-refractivity contribution in [2.24, 2.45) is 5.92 Å². The molecule has 0 aliphatic rings. The minimum Gasteiger partial charge on any atom is -0.504 e.